The second kappa shape index (κ2) is 9.92. The molecular formula is C21H25NO3S. The fraction of sp³-hybridized carbons (Fsp3) is 0.286. The van der Waals surface area contributed by atoms with Crippen molar-refractivity contribution >= 4 is 17.7 Å². The molecular weight excluding hydrogens is 346 g/mol. The van der Waals surface area contributed by atoms with E-state index in [9.17, 15) is 4.79 Å². The molecule has 0 aliphatic rings. The molecule has 0 saturated carbocycles. The lowest BCUT2D eigenvalue weighted by molar-refractivity contribution is 0.0932. The molecule has 2 rings (SSSR count). The summed E-state index contributed by atoms with van der Waals surface area (Å²) in [5, 5.41) is 3.13. The van der Waals surface area contributed by atoms with E-state index < -0.39 is 0 Å². The summed E-state index contributed by atoms with van der Waals surface area (Å²) in [7, 11) is 3.21. The van der Waals surface area contributed by atoms with Crippen molar-refractivity contribution in [3.05, 3.63) is 66.2 Å². The van der Waals surface area contributed by atoms with E-state index in [1.807, 2.05) is 55.5 Å². The Hall–Kier alpha value is -2.40. The van der Waals surface area contributed by atoms with E-state index in [4.69, 9.17) is 9.47 Å². The molecule has 0 aliphatic heterocycles. The zero-order valence-corrected chi connectivity index (χ0v) is 16.3. The van der Waals surface area contributed by atoms with Crippen LogP contribution in [-0.2, 0) is 0 Å². The summed E-state index contributed by atoms with van der Waals surface area (Å²) in [6, 6.07) is 13.2. The molecule has 1 N–H and O–H groups in total. The first-order valence-electron chi connectivity index (χ1n) is 8.50. The van der Waals surface area contributed by atoms with E-state index in [0.29, 0.717) is 17.1 Å². The maximum absolute atomic E-state index is 12.8. The van der Waals surface area contributed by atoms with Crippen LogP contribution in [0.1, 0.15) is 35.3 Å². The van der Waals surface area contributed by atoms with Crippen molar-refractivity contribution < 1.29 is 14.3 Å². The molecule has 1 amide bonds. The minimum absolute atomic E-state index is 0.0844. The van der Waals surface area contributed by atoms with Gasteiger partial charge in [0.15, 0.2) is 11.5 Å². The van der Waals surface area contributed by atoms with Crippen molar-refractivity contribution in [3.8, 4) is 11.5 Å². The van der Waals surface area contributed by atoms with E-state index in [0.717, 1.165) is 22.6 Å². The van der Waals surface area contributed by atoms with E-state index in [1.165, 1.54) is 0 Å². The Balaban J connectivity index is 2.22. The van der Waals surface area contributed by atoms with Crippen LogP contribution in [0.25, 0.3) is 0 Å². The molecule has 0 fully saturated rings. The third kappa shape index (κ3) is 4.82. The number of ether oxygens (including phenoxy) is 2. The number of carbonyl (C=O) groups excluding carboxylic acids is 1. The molecule has 138 valence electrons. The lowest BCUT2D eigenvalue weighted by atomic mass is 10.0. The van der Waals surface area contributed by atoms with Crippen LogP contribution in [-0.4, -0.2) is 25.9 Å². The second-order valence-corrected chi connectivity index (χ2v) is 6.71. The zero-order chi connectivity index (χ0) is 18.9. The van der Waals surface area contributed by atoms with Crippen molar-refractivity contribution in [3.63, 3.8) is 0 Å². The maximum Gasteiger partial charge on any atom is 0.252 e. The van der Waals surface area contributed by atoms with Gasteiger partial charge in [0.1, 0.15) is 0 Å². The number of hydrogen-bond acceptors (Lipinski definition) is 4. The summed E-state index contributed by atoms with van der Waals surface area (Å²) >= 11 is 1.60. The van der Waals surface area contributed by atoms with E-state index in [-0.39, 0.29) is 11.9 Å². The van der Waals surface area contributed by atoms with Gasteiger partial charge in [-0.2, -0.15) is 0 Å². The Morgan fingerprint density at radius 1 is 1.19 bits per heavy atom. The third-order valence-corrected chi connectivity index (χ3v) is 5.08. The number of carbonyl (C=O) groups is 1. The predicted octanol–water partition coefficient (Wildman–Crippen LogP) is 4.86. The van der Waals surface area contributed by atoms with Gasteiger partial charge in [0.2, 0.25) is 0 Å². The molecule has 5 heteroatoms. The molecule has 0 heterocycles. The Labute approximate surface area is 159 Å². The number of methoxy groups -OCH3 is 2. The Kier molecular flexibility index (Phi) is 7.60. The van der Waals surface area contributed by atoms with Crippen LogP contribution < -0.4 is 14.8 Å². The first-order valence-corrected chi connectivity index (χ1v) is 9.48. The highest BCUT2D eigenvalue weighted by atomic mass is 32.2. The highest BCUT2D eigenvalue weighted by molar-refractivity contribution is 7.99. The van der Waals surface area contributed by atoms with Gasteiger partial charge in [-0.25, -0.2) is 0 Å². The smallest absolute Gasteiger partial charge is 0.252 e. The molecule has 0 spiro atoms. The predicted molar refractivity (Wildman–Crippen MR) is 107 cm³/mol. The van der Waals surface area contributed by atoms with E-state index in [2.05, 4.69) is 11.9 Å². The summed E-state index contributed by atoms with van der Waals surface area (Å²) in [5.41, 5.74) is 1.66. The normalized spacial score (nSPS) is 11.5. The van der Waals surface area contributed by atoms with Gasteiger partial charge in [0.25, 0.3) is 5.91 Å². The van der Waals surface area contributed by atoms with Crippen LogP contribution in [0.2, 0.25) is 0 Å². The standard InChI is InChI=1S/C21H25NO3S/c1-5-13-26-20-10-8-7-9-16(20)21(23)22-17(6-2)15-11-12-18(24-3)19(14-15)25-4/h5,7-12,14,17H,1,6,13H2,2-4H3,(H,22,23)/t17-/m0/s1. The highest BCUT2D eigenvalue weighted by Gasteiger charge is 2.18. The van der Waals surface area contributed by atoms with E-state index >= 15 is 0 Å². The number of amides is 1. The summed E-state index contributed by atoms with van der Waals surface area (Å²) in [6.07, 6.45) is 2.60. The van der Waals surface area contributed by atoms with Crippen LogP contribution in [0.5, 0.6) is 11.5 Å². The summed E-state index contributed by atoms with van der Waals surface area (Å²) < 4.78 is 10.7. The SMILES string of the molecule is C=CCSc1ccccc1C(=O)N[C@@H](CC)c1ccc(OC)c(OC)c1. The lowest BCUT2D eigenvalue weighted by Gasteiger charge is -2.20. The molecule has 0 bridgehead atoms. The number of benzene rings is 2. The molecule has 2 aromatic carbocycles. The Morgan fingerprint density at radius 3 is 2.58 bits per heavy atom. The van der Waals surface area contributed by atoms with Crippen molar-refractivity contribution in [2.75, 3.05) is 20.0 Å². The van der Waals surface area contributed by atoms with Crippen LogP contribution >= 0.6 is 11.8 Å². The average Bonchev–Trinajstić information content (AvgIpc) is 2.69. The molecule has 4 nitrogen and oxygen atoms in total. The zero-order valence-electron chi connectivity index (χ0n) is 15.5. The van der Waals surface area contributed by atoms with E-state index in [1.54, 1.807) is 26.0 Å². The maximum atomic E-state index is 12.8. The fourth-order valence-electron chi connectivity index (χ4n) is 2.66. The molecule has 0 radical (unpaired) electrons. The Bertz CT molecular complexity index is 761. The van der Waals surface area contributed by atoms with Gasteiger partial charge in [-0.3, -0.25) is 4.79 Å². The first kappa shape index (κ1) is 19.9. The molecule has 0 unspecified atom stereocenters. The minimum atomic E-state index is -0.111. The van der Waals surface area contributed by atoms with Gasteiger partial charge < -0.3 is 14.8 Å². The average molecular weight is 372 g/mol. The van der Waals surface area contributed by atoms with Crippen molar-refractivity contribution in [2.24, 2.45) is 0 Å². The highest BCUT2D eigenvalue weighted by Crippen LogP contribution is 2.31. The van der Waals surface area contributed by atoms with Gasteiger partial charge in [-0.15, -0.1) is 18.3 Å². The minimum Gasteiger partial charge on any atom is -0.493 e. The van der Waals surface area contributed by atoms with Crippen LogP contribution in [0.15, 0.2) is 60.0 Å². The van der Waals surface area contributed by atoms with Gasteiger partial charge in [0.05, 0.1) is 25.8 Å². The quantitative estimate of drug-likeness (QED) is 0.505. The number of hydrogen-bond donors (Lipinski definition) is 1. The summed E-state index contributed by atoms with van der Waals surface area (Å²) in [4.78, 5) is 13.8. The largest absolute Gasteiger partial charge is 0.493 e. The third-order valence-electron chi connectivity index (χ3n) is 4.01. The monoisotopic (exact) mass is 371 g/mol. The molecule has 0 aromatic heterocycles. The van der Waals surface area contributed by atoms with Gasteiger partial charge in [0, 0.05) is 10.6 Å². The number of thioether (sulfide) groups is 1. The van der Waals surface area contributed by atoms with Crippen LogP contribution in [0.3, 0.4) is 0 Å². The molecule has 1 atom stereocenters. The second-order valence-electron chi connectivity index (χ2n) is 5.64. The van der Waals surface area contributed by atoms with Gasteiger partial charge >= 0.3 is 0 Å². The van der Waals surface area contributed by atoms with Gasteiger partial charge in [-0.05, 0) is 36.2 Å². The lowest BCUT2D eigenvalue weighted by Crippen LogP contribution is -2.28. The van der Waals surface area contributed by atoms with Crippen LogP contribution in [0.4, 0.5) is 0 Å². The number of nitrogens with one attached hydrogen (secondary N) is 1. The fourth-order valence-corrected chi connectivity index (χ4v) is 3.44. The van der Waals surface area contributed by atoms with Gasteiger partial charge in [-0.1, -0.05) is 31.2 Å². The summed E-state index contributed by atoms with van der Waals surface area (Å²) in [6.45, 7) is 5.78. The first-order chi connectivity index (χ1) is 12.6. The Morgan fingerprint density at radius 2 is 1.92 bits per heavy atom. The molecule has 0 aliphatic carbocycles. The van der Waals surface area contributed by atoms with Crippen molar-refractivity contribution in [1.29, 1.82) is 0 Å². The van der Waals surface area contributed by atoms with Crippen LogP contribution in [0, 0.1) is 0 Å². The van der Waals surface area contributed by atoms with Crippen molar-refractivity contribution in [2.45, 2.75) is 24.3 Å². The van der Waals surface area contributed by atoms with Crippen molar-refractivity contribution in [1.82, 2.24) is 5.32 Å². The molecule has 2 aromatic rings. The number of rotatable bonds is 9. The molecule has 26 heavy (non-hydrogen) atoms. The molecule has 0 saturated heterocycles. The topological polar surface area (TPSA) is 47.6 Å². The summed E-state index contributed by atoms with van der Waals surface area (Å²) in [5.74, 6) is 2.00.